The second-order valence-corrected chi connectivity index (χ2v) is 5.21. The molecule has 22 heavy (non-hydrogen) atoms. The summed E-state index contributed by atoms with van der Waals surface area (Å²) in [5, 5.41) is 8.78. The maximum Gasteiger partial charge on any atom is 0.227 e. The highest BCUT2D eigenvalue weighted by atomic mass is 16.2. The predicted molar refractivity (Wildman–Crippen MR) is 84.8 cm³/mol. The van der Waals surface area contributed by atoms with Crippen molar-refractivity contribution in [2.45, 2.75) is 26.3 Å². The summed E-state index contributed by atoms with van der Waals surface area (Å²) in [6.07, 6.45) is 2.38. The van der Waals surface area contributed by atoms with Crippen LogP contribution in [0.1, 0.15) is 23.2 Å². The number of hydrogen-bond acceptors (Lipinski definition) is 3. The number of aryl methyl sites for hydroxylation is 1. The van der Waals surface area contributed by atoms with Crippen molar-refractivity contribution in [3.05, 3.63) is 65.5 Å². The third-order valence-corrected chi connectivity index (χ3v) is 3.40. The Bertz CT molecular complexity index is 644. The lowest BCUT2D eigenvalue weighted by Gasteiger charge is -2.21. The predicted octanol–water partition coefficient (Wildman–Crippen LogP) is 2.88. The fraction of sp³-hybridized carbons (Fsp3) is 0.278. The Labute approximate surface area is 131 Å². The summed E-state index contributed by atoms with van der Waals surface area (Å²) in [5.41, 5.74) is 2.99. The van der Waals surface area contributed by atoms with Crippen LogP contribution in [0.5, 0.6) is 0 Å². The lowest BCUT2D eigenvalue weighted by atomic mass is 10.1. The van der Waals surface area contributed by atoms with E-state index in [4.69, 9.17) is 5.26 Å². The Morgan fingerprint density at radius 1 is 1.23 bits per heavy atom. The zero-order valence-corrected chi connectivity index (χ0v) is 12.7. The van der Waals surface area contributed by atoms with Crippen LogP contribution in [-0.4, -0.2) is 22.3 Å². The number of aromatic nitrogens is 1. The Kier molecular flexibility index (Phi) is 5.67. The Hall–Kier alpha value is -2.67. The lowest BCUT2D eigenvalue weighted by Crippen LogP contribution is -2.33. The van der Waals surface area contributed by atoms with Crippen molar-refractivity contribution >= 4 is 5.91 Å². The molecule has 0 saturated heterocycles. The quantitative estimate of drug-likeness (QED) is 0.823. The van der Waals surface area contributed by atoms with Gasteiger partial charge in [-0.15, -0.1) is 0 Å². The Balaban J connectivity index is 2.05. The zero-order valence-electron chi connectivity index (χ0n) is 12.7. The molecule has 0 fully saturated rings. The number of rotatable bonds is 6. The molecule has 1 heterocycles. The van der Waals surface area contributed by atoms with Crippen LogP contribution in [-0.2, 0) is 17.8 Å². The molecule has 0 aliphatic carbocycles. The van der Waals surface area contributed by atoms with Crippen LogP contribution < -0.4 is 0 Å². The first-order chi connectivity index (χ1) is 10.7. The van der Waals surface area contributed by atoms with Gasteiger partial charge in [-0.05, 0) is 24.6 Å². The maximum atomic E-state index is 12.5. The van der Waals surface area contributed by atoms with E-state index in [1.165, 1.54) is 5.56 Å². The van der Waals surface area contributed by atoms with E-state index in [1.54, 1.807) is 11.1 Å². The van der Waals surface area contributed by atoms with E-state index in [1.807, 2.05) is 49.4 Å². The van der Waals surface area contributed by atoms with E-state index < -0.39 is 0 Å². The van der Waals surface area contributed by atoms with Crippen LogP contribution >= 0.6 is 0 Å². The maximum absolute atomic E-state index is 12.5. The second kappa shape index (κ2) is 7.94. The van der Waals surface area contributed by atoms with Gasteiger partial charge in [-0.2, -0.15) is 5.26 Å². The molecule has 0 aliphatic heterocycles. The van der Waals surface area contributed by atoms with Crippen molar-refractivity contribution in [3.63, 3.8) is 0 Å². The van der Waals surface area contributed by atoms with Crippen LogP contribution in [0.2, 0.25) is 0 Å². The summed E-state index contributed by atoms with van der Waals surface area (Å²) < 4.78 is 0. The van der Waals surface area contributed by atoms with E-state index in [0.29, 0.717) is 25.9 Å². The smallest absolute Gasteiger partial charge is 0.227 e. The standard InChI is InChI=1S/C18H19N3O/c1-15-6-8-16(9-7-15)13-18(22)21(12-4-10-19)14-17-5-2-3-11-20-17/h2-3,5-9,11H,4,12-14H2,1H3. The van der Waals surface area contributed by atoms with Crippen molar-refractivity contribution in [2.24, 2.45) is 0 Å². The van der Waals surface area contributed by atoms with Crippen molar-refractivity contribution in [1.82, 2.24) is 9.88 Å². The molecule has 4 heteroatoms. The van der Waals surface area contributed by atoms with E-state index in [0.717, 1.165) is 11.3 Å². The van der Waals surface area contributed by atoms with Gasteiger partial charge in [-0.25, -0.2) is 0 Å². The van der Waals surface area contributed by atoms with Gasteiger partial charge in [0.25, 0.3) is 0 Å². The van der Waals surface area contributed by atoms with Crippen LogP contribution in [0.15, 0.2) is 48.7 Å². The largest absolute Gasteiger partial charge is 0.335 e. The topological polar surface area (TPSA) is 57.0 Å². The number of nitriles is 1. The van der Waals surface area contributed by atoms with Gasteiger partial charge in [0.05, 0.1) is 31.1 Å². The molecule has 0 saturated carbocycles. The average Bonchev–Trinajstić information content (AvgIpc) is 2.54. The summed E-state index contributed by atoms with van der Waals surface area (Å²) in [4.78, 5) is 18.4. The minimum absolute atomic E-state index is 0.0183. The number of benzene rings is 1. The number of carbonyl (C=O) groups is 1. The van der Waals surface area contributed by atoms with E-state index in [-0.39, 0.29) is 5.91 Å². The summed E-state index contributed by atoms with van der Waals surface area (Å²) in [5.74, 6) is 0.0183. The average molecular weight is 293 g/mol. The minimum Gasteiger partial charge on any atom is -0.335 e. The summed E-state index contributed by atoms with van der Waals surface area (Å²) in [6, 6.07) is 15.7. The monoisotopic (exact) mass is 293 g/mol. The molecule has 1 amide bonds. The van der Waals surface area contributed by atoms with E-state index in [9.17, 15) is 4.79 Å². The molecular formula is C18H19N3O. The molecule has 0 N–H and O–H groups in total. The van der Waals surface area contributed by atoms with Gasteiger partial charge >= 0.3 is 0 Å². The molecule has 0 spiro atoms. The summed E-state index contributed by atoms with van der Waals surface area (Å²) >= 11 is 0. The Morgan fingerprint density at radius 2 is 2.00 bits per heavy atom. The number of pyridine rings is 1. The third kappa shape index (κ3) is 4.71. The normalized spacial score (nSPS) is 10.0. The van der Waals surface area contributed by atoms with Gasteiger partial charge < -0.3 is 4.90 Å². The molecule has 1 aromatic heterocycles. The highest BCUT2D eigenvalue weighted by Gasteiger charge is 2.14. The molecule has 0 radical (unpaired) electrons. The van der Waals surface area contributed by atoms with Crippen molar-refractivity contribution in [3.8, 4) is 6.07 Å². The lowest BCUT2D eigenvalue weighted by molar-refractivity contribution is -0.131. The highest BCUT2D eigenvalue weighted by molar-refractivity contribution is 5.78. The molecule has 1 aromatic carbocycles. The van der Waals surface area contributed by atoms with Gasteiger partial charge in [-0.3, -0.25) is 9.78 Å². The number of carbonyl (C=O) groups excluding carboxylic acids is 1. The molecular weight excluding hydrogens is 274 g/mol. The minimum atomic E-state index is 0.0183. The third-order valence-electron chi connectivity index (χ3n) is 3.40. The first kappa shape index (κ1) is 15.7. The molecule has 0 aliphatic rings. The molecule has 0 bridgehead atoms. The van der Waals surface area contributed by atoms with Crippen LogP contribution in [0, 0.1) is 18.3 Å². The molecule has 0 atom stereocenters. The summed E-state index contributed by atoms with van der Waals surface area (Å²) in [6.45, 7) is 2.89. The van der Waals surface area contributed by atoms with Crippen LogP contribution in [0.3, 0.4) is 0 Å². The Morgan fingerprint density at radius 3 is 2.64 bits per heavy atom. The van der Waals surface area contributed by atoms with Crippen molar-refractivity contribution < 1.29 is 4.79 Å². The molecule has 2 rings (SSSR count). The van der Waals surface area contributed by atoms with Crippen LogP contribution in [0.4, 0.5) is 0 Å². The molecule has 112 valence electrons. The van der Waals surface area contributed by atoms with Gasteiger partial charge in [-0.1, -0.05) is 35.9 Å². The highest BCUT2D eigenvalue weighted by Crippen LogP contribution is 2.09. The van der Waals surface area contributed by atoms with Crippen molar-refractivity contribution in [1.29, 1.82) is 5.26 Å². The number of hydrogen-bond donors (Lipinski definition) is 0. The zero-order chi connectivity index (χ0) is 15.8. The van der Waals surface area contributed by atoms with Gasteiger partial charge in [0.15, 0.2) is 0 Å². The fourth-order valence-corrected chi connectivity index (χ4v) is 2.16. The molecule has 0 unspecified atom stereocenters. The molecule has 4 nitrogen and oxygen atoms in total. The SMILES string of the molecule is Cc1ccc(CC(=O)N(CCC#N)Cc2ccccn2)cc1. The van der Waals surface area contributed by atoms with Crippen molar-refractivity contribution in [2.75, 3.05) is 6.54 Å². The molecule has 2 aromatic rings. The van der Waals surface area contributed by atoms with Gasteiger partial charge in [0.2, 0.25) is 5.91 Å². The number of amides is 1. The first-order valence-electron chi connectivity index (χ1n) is 7.29. The van der Waals surface area contributed by atoms with Crippen LogP contribution in [0.25, 0.3) is 0 Å². The second-order valence-electron chi connectivity index (χ2n) is 5.21. The van der Waals surface area contributed by atoms with Gasteiger partial charge in [0, 0.05) is 12.7 Å². The van der Waals surface area contributed by atoms with E-state index >= 15 is 0 Å². The summed E-state index contributed by atoms with van der Waals surface area (Å²) in [7, 11) is 0. The number of nitrogens with zero attached hydrogens (tertiary/aromatic N) is 3. The van der Waals surface area contributed by atoms with Gasteiger partial charge in [0.1, 0.15) is 0 Å². The van der Waals surface area contributed by atoms with E-state index in [2.05, 4.69) is 11.1 Å². The first-order valence-corrected chi connectivity index (χ1v) is 7.29. The fourth-order valence-electron chi connectivity index (χ4n) is 2.16.